The van der Waals surface area contributed by atoms with Gasteiger partial charge in [-0.1, -0.05) is 11.6 Å². The lowest BCUT2D eigenvalue weighted by Crippen LogP contribution is -2.04. The summed E-state index contributed by atoms with van der Waals surface area (Å²) in [6.07, 6.45) is 5.21. The Kier molecular flexibility index (Phi) is 4.47. The fourth-order valence-electron chi connectivity index (χ4n) is 3.62. The summed E-state index contributed by atoms with van der Waals surface area (Å²) in [6, 6.07) is 5.79. The SMILES string of the molecule is COc1ncc(-c2cc(C3C[C@@H]3c3ccc(Cl)cn3)c3ncc(F)n3n2)c(OC)n1. The second-order valence-electron chi connectivity index (χ2n) is 6.93. The van der Waals surface area contributed by atoms with Crippen molar-refractivity contribution in [2.24, 2.45) is 0 Å². The molecule has 1 saturated carbocycles. The van der Waals surface area contributed by atoms with Crippen LogP contribution in [-0.4, -0.2) is 43.8 Å². The number of pyridine rings is 1. The first-order chi connectivity index (χ1) is 14.6. The Labute approximate surface area is 175 Å². The van der Waals surface area contributed by atoms with E-state index in [0.717, 1.165) is 23.9 Å². The van der Waals surface area contributed by atoms with Crippen molar-refractivity contribution < 1.29 is 13.9 Å². The predicted octanol–water partition coefficient (Wildman–Crippen LogP) is 3.66. The first kappa shape index (κ1) is 18.7. The third kappa shape index (κ3) is 3.11. The Hall–Kier alpha value is -3.33. The Balaban J connectivity index is 1.61. The molecule has 2 atom stereocenters. The number of methoxy groups -OCH3 is 2. The average Bonchev–Trinajstić information content (AvgIpc) is 3.49. The van der Waals surface area contributed by atoms with Crippen LogP contribution in [0, 0.1) is 5.95 Å². The molecule has 0 N–H and O–H groups in total. The van der Waals surface area contributed by atoms with Crippen molar-refractivity contribution in [3.63, 3.8) is 0 Å². The average molecular weight is 427 g/mol. The number of nitrogens with zero attached hydrogens (tertiary/aromatic N) is 6. The molecule has 1 aliphatic rings. The summed E-state index contributed by atoms with van der Waals surface area (Å²) in [5, 5.41) is 4.98. The van der Waals surface area contributed by atoms with E-state index in [0.29, 0.717) is 21.9 Å². The number of fused-ring (bicyclic) bond motifs is 1. The van der Waals surface area contributed by atoms with Gasteiger partial charge in [-0.3, -0.25) is 4.98 Å². The van der Waals surface area contributed by atoms with E-state index in [2.05, 4.69) is 25.0 Å². The van der Waals surface area contributed by atoms with E-state index >= 15 is 0 Å². The van der Waals surface area contributed by atoms with Crippen LogP contribution in [0.4, 0.5) is 4.39 Å². The van der Waals surface area contributed by atoms with Gasteiger partial charge in [0, 0.05) is 29.6 Å². The van der Waals surface area contributed by atoms with Crippen molar-refractivity contribution in [3.05, 3.63) is 59.0 Å². The summed E-state index contributed by atoms with van der Waals surface area (Å²) >= 11 is 5.95. The molecular formula is C20H16ClFN6O2. The molecule has 0 radical (unpaired) electrons. The van der Waals surface area contributed by atoms with Gasteiger partial charge in [-0.15, -0.1) is 0 Å². The molecular weight excluding hydrogens is 411 g/mol. The monoisotopic (exact) mass is 426 g/mol. The van der Waals surface area contributed by atoms with E-state index in [9.17, 15) is 4.39 Å². The van der Waals surface area contributed by atoms with Crippen LogP contribution in [0.15, 0.2) is 36.8 Å². The largest absolute Gasteiger partial charge is 0.480 e. The molecule has 152 valence electrons. The smallest absolute Gasteiger partial charge is 0.319 e. The molecule has 0 aromatic carbocycles. The first-order valence-electron chi connectivity index (χ1n) is 9.20. The lowest BCUT2D eigenvalue weighted by Gasteiger charge is -2.10. The number of ether oxygens (including phenoxy) is 2. The molecule has 1 unspecified atom stereocenters. The zero-order valence-corrected chi connectivity index (χ0v) is 16.8. The van der Waals surface area contributed by atoms with Crippen LogP contribution in [0.3, 0.4) is 0 Å². The van der Waals surface area contributed by atoms with E-state index in [4.69, 9.17) is 21.1 Å². The molecule has 1 fully saturated rings. The van der Waals surface area contributed by atoms with Crippen molar-refractivity contribution in [2.75, 3.05) is 14.2 Å². The molecule has 4 heterocycles. The molecule has 0 aliphatic heterocycles. The van der Waals surface area contributed by atoms with Gasteiger partial charge in [-0.2, -0.15) is 19.0 Å². The summed E-state index contributed by atoms with van der Waals surface area (Å²) in [7, 11) is 2.96. The van der Waals surface area contributed by atoms with Gasteiger partial charge in [0.15, 0.2) is 5.65 Å². The topological polar surface area (TPSA) is 87.3 Å². The molecule has 5 rings (SSSR count). The minimum atomic E-state index is -0.552. The van der Waals surface area contributed by atoms with Crippen LogP contribution >= 0.6 is 11.6 Å². The summed E-state index contributed by atoms with van der Waals surface area (Å²) in [6.45, 7) is 0. The highest BCUT2D eigenvalue weighted by atomic mass is 35.5. The molecule has 0 bridgehead atoms. The summed E-state index contributed by atoms with van der Waals surface area (Å²) < 4.78 is 26.0. The van der Waals surface area contributed by atoms with Crippen molar-refractivity contribution in [3.8, 4) is 23.1 Å². The highest BCUT2D eigenvalue weighted by Crippen LogP contribution is 2.55. The van der Waals surface area contributed by atoms with E-state index in [-0.39, 0.29) is 23.7 Å². The third-order valence-electron chi connectivity index (χ3n) is 5.16. The summed E-state index contributed by atoms with van der Waals surface area (Å²) in [4.78, 5) is 17.0. The summed E-state index contributed by atoms with van der Waals surface area (Å²) in [5.41, 5.74) is 3.30. The lowest BCUT2D eigenvalue weighted by atomic mass is 10.1. The van der Waals surface area contributed by atoms with E-state index in [1.54, 1.807) is 12.4 Å². The zero-order chi connectivity index (χ0) is 20.8. The minimum Gasteiger partial charge on any atom is -0.480 e. The predicted molar refractivity (Wildman–Crippen MR) is 106 cm³/mol. The normalized spacial score (nSPS) is 17.9. The molecule has 1 aliphatic carbocycles. The van der Waals surface area contributed by atoms with Gasteiger partial charge in [0.25, 0.3) is 0 Å². The second-order valence-corrected chi connectivity index (χ2v) is 7.37. The Bertz CT molecular complexity index is 1250. The zero-order valence-electron chi connectivity index (χ0n) is 16.1. The fraction of sp³-hybridized carbons (Fsp3) is 0.250. The van der Waals surface area contributed by atoms with E-state index in [1.807, 2.05) is 18.2 Å². The molecule has 8 nitrogen and oxygen atoms in total. The first-order valence-corrected chi connectivity index (χ1v) is 9.58. The van der Waals surface area contributed by atoms with Gasteiger partial charge in [-0.25, -0.2) is 9.97 Å². The Morgan fingerprint density at radius 1 is 1.07 bits per heavy atom. The van der Waals surface area contributed by atoms with Crippen LogP contribution in [0.5, 0.6) is 11.9 Å². The number of halogens is 2. The van der Waals surface area contributed by atoms with Gasteiger partial charge in [-0.05, 0) is 30.5 Å². The van der Waals surface area contributed by atoms with Gasteiger partial charge in [0.05, 0.1) is 36.7 Å². The molecule has 4 aromatic rings. The Morgan fingerprint density at radius 2 is 1.93 bits per heavy atom. The highest BCUT2D eigenvalue weighted by molar-refractivity contribution is 6.30. The third-order valence-corrected chi connectivity index (χ3v) is 5.38. The van der Waals surface area contributed by atoms with Crippen LogP contribution in [0.25, 0.3) is 16.9 Å². The van der Waals surface area contributed by atoms with Gasteiger partial charge in [0.2, 0.25) is 11.8 Å². The van der Waals surface area contributed by atoms with Gasteiger partial charge in [0.1, 0.15) is 0 Å². The van der Waals surface area contributed by atoms with Crippen molar-refractivity contribution in [2.45, 2.75) is 18.3 Å². The maximum absolute atomic E-state index is 14.4. The number of hydrogen-bond acceptors (Lipinski definition) is 7. The lowest BCUT2D eigenvalue weighted by molar-refractivity contribution is 0.353. The molecule has 10 heteroatoms. The molecule has 0 amide bonds. The maximum atomic E-state index is 14.4. The number of imidazole rings is 1. The second kappa shape index (κ2) is 7.17. The number of aromatic nitrogens is 6. The van der Waals surface area contributed by atoms with Gasteiger partial charge >= 0.3 is 6.01 Å². The quantitative estimate of drug-likeness (QED) is 0.481. The van der Waals surface area contributed by atoms with Crippen LogP contribution < -0.4 is 9.47 Å². The summed E-state index contributed by atoms with van der Waals surface area (Å²) in [5.74, 6) is 0.0696. The standard InChI is InChI=1S/C20H16ClFN6O2/c1-29-19-14(8-25-20(26-19)30-2)16-6-13(18-24-9-17(22)28(18)27-16)11-5-12(11)15-4-3-10(21)7-23-15/h3-4,6-9,11-12H,5H2,1-2H3/t11?,12-/m0/s1. The number of rotatable bonds is 5. The number of hydrogen-bond donors (Lipinski definition) is 0. The van der Waals surface area contributed by atoms with Crippen molar-refractivity contribution >= 4 is 17.2 Å². The molecule has 4 aromatic heterocycles. The Morgan fingerprint density at radius 3 is 2.67 bits per heavy atom. The molecule has 0 saturated heterocycles. The molecule has 30 heavy (non-hydrogen) atoms. The van der Waals surface area contributed by atoms with Gasteiger partial charge < -0.3 is 9.47 Å². The fourth-order valence-corrected chi connectivity index (χ4v) is 3.73. The van der Waals surface area contributed by atoms with Crippen LogP contribution in [-0.2, 0) is 0 Å². The van der Waals surface area contributed by atoms with Crippen molar-refractivity contribution in [1.82, 2.24) is 29.5 Å². The molecule has 0 spiro atoms. The van der Waals surface area contributed by atoms with E-state index < -0.39 is 5.95 Å². The van der Waals surface area contributed by atoms with Crippen molar-refractivity contribution in [1.29, 1.82) is 0 Å². The van der Waals surface area contributed by atoms with Crippen LogP contribution in [0.2, 0.25) is 5.02 Å². The van der Waals surface area contributed by atoms with Crippen LogP contribution in [0.1, 0.15) is 29.5 Å². The van der Waals surface area contributed by atoms with E-state index in [1.165, 1.54) is 18.7 Å². The maximum Gasteiger partial charge on any atom is 0.319 e. The highest BCUT2D eigenvalue weighted by Gasteiger charge is 2.42. The minimum absolute atomic E-state index is 0.134.